The summed E-state index contributed by atoms with van der Waals surface area (Å²) in [5.41, 5.74) is 0. The van der Waals surface area contributed by atoms with Crippen LogP contribution in [-0.2, 0) is 85.6 Å². The van der Waals surface area contributed by atoms with Gasteiger partial charge < -0.3 is 190 Å². The highest BCUT2D eigenvalue weighted by Crippen LogP contribution is 2.42. The van der Waals surface area contributed by atoms with Crippen molar-refractivity contribution in [1.82, 2.24) is 21.3 Å². The number of aliphatic carboxylic acids is 1. The number of ether oxygens (including phenoxy) is 13. The molecular weight excluding hydrogens is 1320 g/mol. The van der Waals surface area contributed by atoms with E-state index in [4.69, 9.17) is 61.6 Å². The summed E-state index contributed by atoms with van der Waals surface area (Å²) in [7, 11) is 0. The van der Waals surface area contributed by atoms with Gasteiger partial charge in [0.2, 0.25) is 23.6 Å². The quantitative estimate of drug-likeness (QED) is 0.0382. The zero-order valence-corrected chi connectivity index (χ0v) is 51.6. The second-order valence-corrected chi connectivity index (χ2v) is 23.9. The SMILES string of the molecule is CC(=O)N[C@H]1[C@@H](O[C@H]2[C@@H](O)[C@@H](CO)O[C@@H](O[C@H]3[C@@H](O)[C@@H](CO)O[C@@H](O[C@H]4[C@@H](O)[C@@H](CO)O[C@@H](O[C@@H]5[C@H](O[C@]6(C(=O)O)C[C@H](O)[C@@H](NC(C)=O)[C@H]([C@H](O)[C@H](O)CO)O6)[C@@H](O)[C@H](O[C@H]6[C@H](O)[C@@H](O)[C@H](O)O[C@@H]6CO)O[C@@H]5CO)[C@@H]4NC(C)=O)[C@@H]3O)[C@@H]2NC(C)=O)O[C@H](CO)[C@H](O)[C@@H]1O. The minimum absolute atomic E-state index is 0.805. The van der Waals surface area contributed by atoms with Gasteiger partial charge in [-0.2, -0.15) is 0 Å². The predicted molar refractivity (Wildman–Crippen MR) is 295 cm³/mol. The fourth-order valence-corrected chi connectivity index (χ4v) is 12.3. The third-order valence-corrected chi connectivity index (χ3v) is 17.1. The highest BCUT2D eigenvalue weighted by Gasteiger charge is 2.63. The van der Waals surface area contributed by atoms with Crippen molar-refractivity contribution < 1.29 is 193 Å². The van der Waals surface area contributed by atoms with Crippen molar-refractivity contribution >= 4 is 29.6 Å². The monoisotopic (exact) mass is 1400 g/mol. The molecule has 7 rings (SSSR count). The van der Waals surface area contributed by atoms with Gasteiger partial charge in [0.25, 0.3) is 5.79 Å². The summed E-state index contributed by atoms with van der Waals surface area (Å²) < 4.78 is 76.7. The maximum Gasteiger partial charge on any atom is 0.364 e. The Balaban J connectivity index is 1.26. The Kier molecular flexibility index (Phi) is 28.2. The highest BCUT2D eigenvalue weighted by molar-refractivity contribution is 5.77. The van der Waals surface area contributed by atoms with Gasteiger partial charge >= 0.3 is 5.97 Å². The summed E-state index contributed by atoms with van der Waals surface area (Å²) in [4.78, 5) is 64.6. The van der Waals surface area contributed by atoms with Crippen LogP contribution < -0.4 is 21.3 Å². The molecule has 0 unspecified atom stereocenters. The lowest BCUT2D eigenvalue weighted by Gasteiger charge is -2.53. The maximum absolute atomic E-state index is 13.7. The van der Waals surface area contributed by atoms with Gasteiger partial charge in [-0.1, -0.05) is 0 Å². The van der Waals surface area contributed by atoms with E-state index in [9.17, 15) is 131 Å². The molecule has 0 aromatic heterocycles. The molecule has 0 aromatic rings. The molecule has 36 atom stereocenters. The Labute approximate surface area is 543 Å². The molecule has 0 aromatic carbocycles. The van der Waals surface area contributed by atoms with E-state index in [0.717, 1.165) is 27.7 Å². The number of aliphatic hydroxyl groups is 20. The lowest BCUT2D eigenvalue weighted by molar-refractivity contribution is -0.403. The van der Waals surface area contributed by atoms with E-state index in [0.29, 0.717) is 0 Å². The Bertz CT molecular complexity index is 2540. The summed E-state index contributed by atoms with van der Waals surface area (Å²) in [5, 5.41) is 240. The molecule has 4 amide bonds. The van der Waals surface area contributed by atoms with E-state index in [-0.39, 0.29) is 0 Å². The Hall–Kier alpha value is -3.97. The summed E-state index contributed by atoms with van der Waals surface area (Å²) >= 11 is 0. The summed E-state index contributed by atoms with van der Waals surface area (Å²) in [6.07, 6.45) is -67.4. The van der Waals surface area contributed by atoms with E-state index in [1.54, 1.807) is 0 Å². The van der Waals surface area contributed by atoms with E-state index < -0.39 is 303 Å². The Morgan fingerprint density at radius 2 is 0.771 bits per heavy atom. The molecule has 7 fully saturated rings. The van der Waals surface area contributed by atoms with Crippen LogP contribution in [-0.4, -0.2) is 403 Å². The first-order valence-electron chi connectivity index (χ1n) is 30.2. The first-order chi connectivity index (χ1) is 45.2. The van der Waals surface area contributed by atoms with Crippen molar-refractivity contribution in [3.8, 4) is 0 Å². The number of hydrogen-bond acceptors (Lipinski definition) is 38. The number of aliphatic hydroxyl groups excluding tert-OH is 20. The normalized spacial score (nSPS) is 46.0. The van der Waals surface area contributed by atoms with Crippen LogP contribution in [0.5, 0.6) is 0 Å². The standard InChI is InChI=1S/C53H88N4O39/c1-13(65)54-25-17(69)5-53(52(82)83,95-43(25)29(71)18(70)6-58)96-45-38(80)51(90-39-23(11-63)84-46(81)36(78)35(39)77)89-24(12-64)40(45)91-48-28(57-16(4)68)42(32(74)21(9-61)86-48)93-50-37(79)44(33(75)22(10-62)88-50)94-49-27(56-15(3)67)41(31(73)20(8-60)87-49)92-47-26(55-14(2)66)34(76)30(72)19(7-59)85-47/h17-51,58-64,69-81H,5-12H2,1-4H3,(H,54,65)(H,55,66)(H,56,67)(H,57,68)(H,82,83)/t17-,18+,19+,20+,21+,22+,23+,24+,25+,26+,27+,28+,29+,30-,31-,32-,33-,34+,35+,36+,37+,38+,39+,40-,41+,42+,43+,44-,45+,46+,47+,48-,49-,50-,51-,53-/m0/s1. The van der Waals surface area contributed by atoms with Crippen LogP contribution in [0, 0.1) is 0 Å². The number of hydrogen-bond donors (Lipinski definition) is 25. The predicted octanol–water partition coefficient (Wildman–Crippen LogP) is -16.5. The molecule has 554 valence electrons. The van der Waals surface area contributed by atoms with Crippen LogP contribution in [0.15, 0.2) is 0 Å². The van der Waals surface area contributed by atoms with Gasteiger partial charge in [-0.05, 0) is 0 Å². The molecule has 7 aliphatic heterocycles. The molecule has 7 heterocycles. The van der Waals surface area contributed by atoms with Gasteiger partial charge in [0.1, 0.15) is 165 Å². The lowest BCUT2D eigenvalue weighted by atomic mass is 9.88. The molecule has 96 heavy (non-hydrogen) atoms. The van der Waals surface area contributed by atoms with Crippen LogP contribution >= 0.6 is 0 Å². The average Bonchev–Trinajstić information content (AvgIpc) is 0.753. The van der Waals surface area contributed by atoms with Gasteiger partial charge in [0, 0.05) is 34.1 Å². The minimum Gasteiger partial charge on any atom is -0.477 e. The largest absolute Gasteiger partial charge is 0.477 e. The molecule has 43 nitrogen and oxygen atoms in total. The van der Waals surface area contributed by atoms with Crippen LogP contribution in [0.2, 0.25) is 0 Å². The minimum atomic E-state index is -3.44. The third kappa shape index (κ3) is 17.3. The van der Waals surface area contributed by atoms with Crippen molar-refractivity contribution in [1.29, 1.82) is 0 Å². The second-order valence-electron chi connectivity index (χ2n) is 23.9. The molecule has 0 bridgehead atoms. The Morgan fingerprint density at radius 1 is 0.406 bits per heavy atom. The molecule has 0 spiro atoms. The van der Waals surface area contributed by atoms with Gasteiger partial charge in [0.05, 0.1) is 58.4 Å². The van der Waals surface area contributed by atoms with Gasteiger partial charge in [-0.25, -0.2) is 4.79 Å². The first-order valence-corrected chi connectivity index (χ1v) is 30.2. The fourth-order valence-electron chi connectivity index (χ4n) is 12.3. The Morgan fingerprint density at radius 3 is 1.23 bits per heavy atom. The molecule has 7 aliphatic rings. The second kappa shape index (κ2) is 34.1. The average molecular weight is 1410 g/mol. The third-order valence-electron chi connectivity index (χ3n) is 17.1. The molecular formula is C53H88N4O39. The summed E-state index contributed by atoms with van der Waals surface area (Å²) in [6.45, 7) is -4.23. The van der Waals surface area contributed by atoms with Crippen molar-refractivity contribution in [3.63, 3.8) is 0 Å². The van der Waals surface area contributed by atoms with Crippen molar-refractivity contribution in [2.24, 2.45) is 0 Å². The van der Waals surface area contributed by atoms with Crippen LogP contribution in [0.4, 0.5) is 0 Å². The molecule has 0 radical (unpaired) electrons. The zero-order valence-electron chi connectivity index (χ0n) is 51.6. The number of amides is 4. The van der Waals surface area contributed by atoms with E-state index >= 15 is 0 Å². The zero-order chi connectivity index (χ0) is 71.3. The fraction of sp³-hybridized carbons (Fsp3) is 0.906. The molecule has 7 saturated heterocycles. The molecule has 25 N–H and O–H groups in total. The maximum atomic E-state index is 13.7. The van der Waals surface area contributed by atoms with E-state index in [1.165, 1.54) is 0 Å². The number of rotatable bonds is 26. The number of carbonyl (C=O) groups excluding carboxylic acids is 4. The topological polar surface area (TPSA) is 678 Å². The van der Waals surface area contributed by atoms with E-state index in [1.807, 2.05) is 0 Å². The summed E-state index contributed by atoms with van der Waals surface area (Å²) in [6, 6.07) is -7.41. The molecule has 0 saturated carbocycles. The van der Waals surface area contributed by atoms with Gasteiger partial charge in [-0.15, -0.1) is 0 Å². The first kappa shape index (κ1) is 79.4. The molecule has 0 aliphatic carbocycles. The molecule has 43 heteroatoms. The number of carbonyl (C=O) groups is 5. The van der Waals surface area contributed by atoms with Crippen molar-refractivity contribution in [2.75, 3.05) is 46.2 Å². The van der Waals surface area contributed by atoms with E-state index in [2.05, 4.69) is 21.3 Å². The lowest BCUT2D eigenvalue weighted by Crippen LogP contribution is -2.72. The van der Waals surface area contributed by atoms with Crippen LogP contribution in [0.25, 0.3) is 0 Å². The van der Waals surface area contributed by atoms with Crippen molar-refractivity contribution in [2.45, 2.75) is 254 Å². The van der Waals surface area contributed by atoms with Crippen LogP contribution in [0.1, 0.15) is 34.1 Å². The van der Waals surface area contributed by atoms with Gasteiger partial charge in [-0.3, -0.25) is 19.2 Å². The van der Waals surface area contributed by atoms with Crippen LogP contribution in [0.3, 0.4) is 0 Å². The van der Waals surface area contributed by atoms with Crippen molar-refractivity contribution in [3.05, 3.63) is 0 Å². The van der Waals surface area contributed by atoms with Gasteiger partial charge in [0.15, 0.2) is 37.7 Å². The smallest absolute Gasteiger partial charge is 0.364 e. The number of nitrogens with one attached hydrogen (secondary N) is 4. The number of carboxylic acids is 1. The number of carboxylic acid groups (broad SMARTS) is 1. The highest BCUT2D eigenvalue weighted by atomic mass is 16.8. The summed E-state index contributed by atoms with van der Waals surface area (Å²) in [5.74, 6) is -9.32.